The minimum absolute atomic E-state index is 0.180. The van der Waals surface area contributed by atoms with Crippen LogP contribution in [0.25, 0.3) is 0 Å². The van der Waals surface area contributed by atoms with Crippen LogP contribution < -0.4 is 0 Å². The summed E-state index contributed by atoms with van der Waals surface area (Å²) in [6, 6.07) is 0. The lowest BCUT2D eigenvalue weighted by Gasteiger charge is -2.48. The Bertz CT molecular complexity index is 1060. The molecule has 2 bridgehead atoms. The molecule has 8 heteroatoms. The number of ether oxygens (including phenoxy) is 2. The van der Waals surface area contributed by atoms with Crippen LogP contribution >= 0.6 is 0 Å². The van der Waals surface area contributed by atoms with Crippen LogP contribution in [0.3, 0.4) is 0 Å². The van der Waals surface area contributed by atoms with Crippen molar-refractivity contribution in [3.05, 3.63) is 23.3 Å². The van der Waals surface area contributed by atoms with Crippen LogP contribution in [0, 0.1) is 28.6 Å². The van der Waals surface area contributed by atoms with Crippen LogP contribution in [-0.4, -0.2) is 63.1 Å². The molecule has 4 aliphatic carbocycles. The number of Topliss-reactive ketones (excluding diaryl/α,β-unsaturated/α-hetero) is 1. The van der Waals surface area contributed by atoms with Crippen LogP contribution in [0.1, 0.15) is 86.5 Å². The van der Waals surface area contributed by atoms with Crippen LogP contribution in [0.5, 0.6) is 0 Å². The van der Waals surface area contributed by atoms with Gasteiger partial charge in [-0.25, -0.2) is 0 Å². The summed E-state index contributed by atoms with van der Waals surface area (Å²) in [5, 5.41) is 35.0. The van der Waals surface area contributed by atoms with Crippen molar-refractivity contribution in [3.8, 4) is 0 Å². The average molecular weight is 533 g/mol. The Kier molecular flexibility index (Phi) is 7.52. The highest BCUT2D eigenvalue weighted by molar-refractivity contribution is 5.96. The molecule has 212 valence electrons. The molecule has 3 N–H and O–H groups in total. The highest BCUT2D eigenvalue weighted by Gasteiger charge is 2.83. The number of aliphatic hydroxyl groups is 3. The maximum absolute atomic E-state index is 14.5. The molecule has 0 unspecified atom stereocenters. The summed E-state index contributed by atoms with van der Waals surface area (Å²) in [5.41, 5.74) is -4.74. The molecule has 0 aromatic heterocycles. The first-order valence-electron chi connectivity index (χ1n) is 14.2. The Morgan fingerprint density at radius 1 is 1.05 bits per heavy atom. The zero-order valence-corrected chi connectivity index (χ0v) is 23.6. The zero-order valence-electron chi connectivity index (χ0n) is 23.6. The summed E-state index contributed by atoms with van der Waals surface area (Å²) in [6.07, 6.45) is 4.13. The van der Waals surface area contributed by atoms with Crippen molar-refractivity contribution in [2.45, 2.75) is 110 Å². The second-order valence-corrected chi connectivity index (χ2v) is 12.6. The Morgan fingerprint density at radius 2 is 1.74 bits per heavy atom. The molecule has 2 fully saturated rings. The molecule has 8 nitrogen and oxygen atoms in total. The average Bonchev–Trinajstić information content (AvgIpc) is 3.26. The molecule has 4 aliphatic rings. The van der Waals surface area contributed by atoms with Crippen LogP contribution in [0.15, 0.2) is 23.3 Å². The van der Waals surface area contributed by atoms with Gasteiger partial charge in [-0.1, -0.05) is 59.6 Å². The van der Waals surface area contributed by atoms with Gasteiger partial charge in [0.1, 0.15) is 30.0 Å². The van der Waals surface area contributed by atoms with Gasteiger partial charge in [-0.05, 0) is 43.3 Å². The van der Waals surface area contributed by atoms with Gasteiger partial charge in [-0.2, -0.15) is 0 Å². The van der Waals surface area contributed by atoms with Gasteiger partial charge in [0, 0.05) is 30.1 Å². The van der Waals surface area contributed by atoms with E-state index in [9.17, 15) is 29.7 Å². The zero-order chi connectivity index (χ0) is 28.3. The fourth-order valence-electron chi connectivity index (χ4n) is 7.93. The molecule has 0 aromatic rings. The number of rotatable bonds is 9. The predicted molar refractivity (Wildman–Crippen MR) is 140 cm³/mol. The second-order valence-electron chi connectivity index (χ2n) is 12.6. The largest absolute Gasteiger partial charge is 0.461 e. The van der Waals surface area contributed by atoms with Gasteiger partial charge in [0.15, 0.2) is 5.78 Å². The second kappa shape index (κ2) is 9.86. The summed E-state index contributed by atoms with van der Waals surface area (Å²) in [6.45, 7) is 11.0. The smallest absolute Gasteiger partial charge is 0.306 e. The summed E-state index contributed by atoms with van der Waals surface area (Å²) in [5.74, 6) is -2.81. The van der Waals surface area contributed by atoms with Gasteiger partial charge in [-0.15, -0.1) is 0 Å². The van der Waals surface area contributed by atoms with Crippen molar-refractivity contribution in [1.29, 1.82) is 0 Å². The number of hydrogen-bond donors (Lipinski definition) is 3. The van der Waals surface area contributed by atoms with Crippen LogP contribution in [0.4, 0.5) is 0 Å². The van der Waals surface area contributed by atoms with E-state index < -0.39 is 52.0 Å². The fraction of sp³-hybridized carbons (Fsp3) is 0.767. The van der Waals surface area contributed by atoms with Gasteiger partial charge in [0.25, 0.3) is 0 Å². The Morgan fingerprint density at radius 3 is 2.37 bits per heavy atom. The fourth-order valence-corrected chi connectivity index (χ4v) is 7.93. The number of esters is 2. The van der Waals surface area contributed by atoms with Gasteiger partial charge in [-0.3, -0.25) is 14.4 Å². The summed E-state index contributed by atoms with van der Waals surface area (Å²) >= 11 is 0. The molecular formula is C30H44O8. The van der Waals surface area contributed by atoms with E-state index in [0.717, 1.165) is 19.3 Å². The first kappa shape index (κ1) is 29.0. The summed E-state index contributed by atoms with van der Waals surface area (Å²) in [4.78, 5) is 39.7. The molecule has 1 spiro atoms. The number of carbonyl (C=O) groups is 3. The number of hydrogen-bond acceptors (Lipinski definition) is 8. The molecule has 38 heavy (non-hydrogen) atoms. The number of aliphatic hydroxyl groups excluding tert-OH is 2. The van der Waals surface area contributed by atoms with E-state index in [2.05, 4.69) is 6.92 Å². The highest BCUT2D eigenvalue weighted by Crippen LogP contribution is 2.75. The molecule has 0 amide bonds. The number of fused-ring (bicyclic) bond motifs is 3. The summed E-state index contributed by atoms with van der Waals surface area (Å²) < 4.78 is 11.7. The van der Waals surface area contributed by atoms with Crippen molar-refractivity contribution in [1.82, 2.24) is 0 Å². The van der Waals surface area contributed by atoms with Gasteiger partial charge >= 0.3 is 11.9 Å². The highest BCUT2D eigenvalue weighted by atomic mass is 16.6. The lowest BCUT2D eigenvalue weighted by atomic mass is 9.59. The molecule has 8 atom stereocenters. The van der Waals surface area contributed by atoms with Crippen molar-refractivity contribution in [2.24, 2.45) is 28.6 Å². The number of allylic oxidation sites excluding steroid dienone is 1. The van der Waals surface area contributed by atoms with Crippen molar-refractivity contribution in [3.63, 3.8) is 0 Å². The van der Waals surface area contributed by atoms with E-state index in [1.807, 2.05) is 27.7 Å². The topological polar surface area (TPSA) is 130 Å². The lowest BCUT2D eigenvalue weighted by Crippen LogP contribution is -2.65. The van der Waals surface area contributed by atoms with Gasteiger partial charge < -0.3 is 24.8 Å². The molecule has 0 radical (unpaired) electrons. The maximum Gasteiger partial charge on any atom is 0.306 e. The van der Waals surface area contributed by atoms with Gasteiger partial charge in [0.05, 0.1) is 5.41 Å². The SMILES string of the molecule is CCCCCC(=O)O[C@@]12C[C@@H](C)[C@]34C=C(C)[C@H](O)[C@@]3(O)[C@H](O)C(COC(=O)CCC)=C[C@H](C4=O)[C@@H]1C2(C)C. The van der Waals surface area contributed by atoms with Crippen molar-refractivity contribution in [2.75, 3.05) is 6.61 Å². The van der Waals surface area contributed by atoms with E-state index in [1.165, 1.54) is 0 Å². The van der Waals surface area contributed by atoms with E-state index >= 15 is 0 Å². The third-order valence-electron chi connectivity index (χ3n) is 10.0. The minimum Gasteiger partial charge on any atom is -0.461 e. The number of ketones is 1. The normalized spacial score (nSPS) is 40.7. The Hall–Kier alpha value is -2.03. The van der Waals surface area contributed by atoms with Crippen molar-refractivity contribution >= 4 is 17.7 Å². The molecule has 2 saturated carbocycles. The monoisotopic (exact) mass is 532 g/mol. The predicted octanol–water partition coefficient (Wildman–Crippen LogP) is 3.41. The maximum atomic E-state index is 14.5. The Labute approximate surface area is 225 Å². The standard InChI is InChI=1S/C30H44O8/c1-7-9-10-12-22(32)38-29-15-18(4)28-14-17(3)24(33)30(28,36)25(34)19(16-37-21(31)11-8-2)13-20(26(28)35)23(29)27(29,5)6/h13-14,18,20,23-25,33-34,36H,7-12,15-16H2,1-6H3/t18-,20+,23-,24+,25-,28+,29+,30-/m1/s1. The van der Waals surface area contributed by atoms with E-state index in [-0.39, 0.29) is 36.3 Å². The number of unbranched alkanes of at least 4 members (excludes halogenated alkanes) is 2. The van der Waals surface area contributed by atoms with E-state index in [1.54, 1.807) is 19.1 Å². The third kappa shape index (κ3) is 3.85. The molecule has 0 aromatic carbocycles. The van der Waals surface area contributed by atoms with Crippen LogP contribution in [0.2, 0.25) is 0 Å². The van der Waals surface area contributed by atoms with E-state index in [4.69, 9.17) is 9.47 Å². The molecule has 0 saturated heterocycles. The molecule has 0 heterocycles. The first-order valence-corrected chi connectivity index (χ1v) is 14.2. The van der Waals surface area contributed by atoms with Gasteiger partial charge in [0.2, 0.25) is 0 Å². The third-order valence-corrected chi connectivity index (χ3v) is 10.0. The number of carbonyl (C=O) groups excluding carboxylic acids is 3. The van der Waals surface area contributed by atoms with Crippen LogP contribution in [-0.2, 0) is 23.9 Å². The summed E-state index contributed by atoms with van der Waals surface area (Å²) in [7, 11) is 0. The molecule has 4 rings (SSSR count). The van der Waals surface area contributed by atoms with Crippen molar-refractivity contribution < 1.29 is 39.2 Å². The minimum atomic E-state index is -2.25. The first-order chi connectivity index (χ1) is 17.8. The quantitative estimate of drug-likeness (QED) is 0.234. The van der Waals surface area contributed by atoms with E-state index in [0.29, 0.717) is 24.8 Å². The lowest BCUT2D eigenvalue weighted by molar-refractivity contribution is -0.192. The Balaban J connectivity index is 1.81. The molecular weight excluding hydrogens is 488 g/mol. The molecule has 0 aliphatic heterocycles.